The Morgan fingerprint density at radius 2 is 1.58 bits per heavy atom. The predicted molar refractivity (Wildman–Crippen MR) is 128 cm³/mol. The maximum atomic E-state index is 13.2. The normalized spacial score (nSPS) is 20.8. The summed E-state index contributed by atoms with van der Waals surface area (Å²) in [5, 5.41) is 11.3. The molecule has 0 saturated carbocycles. The molecule has 0 radical (unpaired) electrons. The summed E-state index contributed by atoms with van der Waals surface area (Å²) in [6, 6.07) is 18.7. The van der Waals surface area contributed by atoms with Gasteiger partial charge in [0.1, 0.15) is 11.9 Å². The minimum absolute atomic E-state index is 0.0469. The standard InChI is InChI=1S/C25H22F3N3O4S/c26-25(27,28)35-16-12-14-17(15-13-16)36(29,33)30-18-6-5-9-21(24(18)32)31-19-7-1-3-10-22(19)34-23-11-4-2-8-20(23)31/h1-4,6-8,10-15,21,24,32H,5,9H2,(H2,29,30,33)/t21-,24-,36?/m0/s1. The van der Waals surface area contributed by atoms with Crippen LogP contribution in [0.1, 0.15) is 12.8 Å². The van der Waals surface area contributed by atoms with Crippen LogP contribution in [-0.4, -0.2) is 27.8 Å². The molecular formula is C25H22F3N3O4S. The monoisotopic (exact) mass is 517 g/mol. The van der Waals surface area contributed by atoms with Crippen molar-refractivity contribution in [2.45, 2.75) is 36.2 Å². The average Bonchev–Trinajstić information content (AvgIpc) is 2.83. The van der Waals surface area contributed by atoms with Gasteiger partial charge >= 0.3 is 6.36 Å². The van der Waals surface area contributed by atoms with Crippen LogP contribution in [0.2, 0.25) is 0 Å². The van der Waals surface area contributed by atoms with Gasteiger partial charge in [-0.25, -0.2) is 8.99 Å². The molecule has 0 aromatic heterocycles. The zero-order chi connectivity index (χ0) is 25.5. The third kappa shape index (κ3) is 4.71. The summed E-state index contributed by atoms with van der Waals surface area (Å²) in [7, 11) is -3.69. The van der Waals surface area contributed by atoms with Crippen LogP contribution < -0.4 is 19.1 Å². The Balaban J connectivity index is 1.41. The molecule has 3 N–H and O–H groups in total. The lowest BCUT2D eigenvalue weighted by Gasteiger charge is -2.42. The van der Waals surface area contributed by atoms with Gasteiger partial charge in [0, 0.05) is 0 Å². The number of halogens is 3. The molecule has 0 amide bonds. The van der Waals surface area contributed by atoms with E-state index in [1.54, 1.807) is 6.08 Å². The van der Waals surface area contributed by atoms with Crippen molar-refractivity contribution in [3.05, 3.63) is 84.6 Å². The first kappa shape index (κ1) is 24.0. The van der Waals surface area contributed by atoms with Crippen molar-refractivity contribution in [2.75, 3.05) is 4.90 Å². The number of aliphatic hydroxyl groups is 1. The Hall–Kier alpha value is -3.70. The Kier molecular flexibility index (Phi) is 6.05. The van der Waals surface area contributed by atoms with Crippen LogP contribution in [0.4, 0.5) is 24.5 Å². The number of hydrogen-bond donors (Lipinski definition) is 3. The number of para-hydroxylation sites is 4. The number of benzene rings is 3. The van der Waals surface area contributed by atoms with Gasteiger partial charge < -0.3 is 19.5 Å². The van der Waals surface area contributed by atoms with Crippen molar-refractivity contribution < 1.29 is 32.0 Å². The maximum Gasteiger partial charge on any atom is 0.573 e. The summed E-state index contributed by atoms with van der Waals surface area (Å²) in [5.74, 6) is 0.791. The Morgan fingerprint density at radius 3 is 2.17 bits per heavy atom. The molecule has 0 fully saturated rings. The maximum absolute atomic E-state index is 13.2. The third-order valence-corrected chi connectivity index (χ3v) is 7.42. The number of rotatable bonds is 5. The van der Waals surface area contributed by atoms with Crippen molar-refractivity contribution in [1.82, 2.24) is 4.72 Å². The smallest absolute Gasteiger partial charge is 0.453 e. The number of hydrogen-bond acceptors (Lipinski definition) is 6. The van der Waals surface area contributed by atoms with Gasteiger partial charge in [-0.1, -0.05) is 30.3 Å². The highest BCUT2D eigenvalue weighted by Gasteiger charge is 2.37. The molecule has 0 spiro atoms. The highest BCUT2D eigenvalue weighted by Crippen LogP contribution is 2.49. The van der Waals surface area contributed by atoms with Crippen LogP contribution in [0.25, 0.3) is 0 Å². The minimum Gasteiger partial charge on any atom is -0.453 e. The van der Waals surface area contributed by atoms with Gasteiger partial charge in [0.05, 0.1) is 28.0 Å². The Morgan fingerprint density at radius 1 is 1.00 bits per heavy atom. The summed E-state index contributed by atoms with van der Waals surface area (Å²) in [4.78, 5) is 1.94. The van der Waals surface area contributed by atoms with Crippen LogP contribution in [0.3, 0.4) is 0 Å². The van der Waals surface area contributed by atoms with Crippen LogP contribution in [0, 0.1) is 4.78 Å². The quantitative estimate of drug-likeness (QED) is 0.395. The number of ether oxygens (including phenoxy) is 2. The molecular weight excluding hydrogens is 495 g/mol. The van der Waals surface area contributed by atoms with Crippen molar-refractivity contribution in [2.24, 2.45) is 0 Å². The number of fused-ring (bicyclic) bond motifs is 2. The van der Waals surface area contributed by atoms with E-state index in [-0.39, 0.29) is 10.6 Å². The molecule has 1 heterocycles. The molecule has 36 heavy (non-hydrogen) atoms. The van der Waals surface area contributed by atoms with Crippen molar-refractivity contribution in [1.29, 1.82) is 4.78 Å². The molecule has 1 unspecified atom stereocenters. The molecule has 1 aliphatic heterocycles. The van der Waals surface area contributed by atoms with Gasteiger partial charge in [0.15, 0.2) is 21.4 Å². The van der Waals surface area contributed by atoms with E-state index < -0.39 is 34.2 Å². The molecule has 1 aliphatic carbocycles. The zero-order valence-electron chi connectivity index (χ0n) is 18.7. The van der Waals surface area contributed by atoms with E-state index >= 15 is 0 Å². The predicted octanol–water partition coefficient (Wildman–Crippen LogP) is 5.85. The lowest BCUT2D eigenvalue weighted by atomic mass is 9.93. The van der Waals surface area contributed by atoms with Gasteiger partial charge in [-0.15, -0.1) is 13.2 Å². The second-order valence-corrected chi connectivity index (χ2v) is 10.1. The highest BCUT2D eigenvalue weighted by atomic mass is 32.2. The number of allylic oxidation sites excluding steroid dienone is 1. The van der Waals surface area contributed by atoms with Crippen molar-refractivity contribution in [3.63, 3.8) is 0 Å². The fourth-order valence-electron chi connectivity index (χ4n) is 4.42. The number of aliphatic hydroxyl groups excluding tert-OH is 1. The summed E-state index contributed by atoms with van der Waals surface area (Å²) in [5.41, 5.74) is 1.75. The first-order valence-corrected chi connectivity index (χ1v) is 12.6. The minimum atomic E-state index is -4.86. The van der Waals surface area contributed by atoms with Crippen LogP contribution in [0.15, 0.2) is 89.5 Å². The number of nitrogens with one attached hydrogen (secondary N) is 2. The molecule has 7 nitrogen and oxygen atoms in total. The molecule has 188 valence electrons. The molecule has 2 aliphatic rings. The van der Waals surface area contributed by atoms with Gasteiger partial charge in [0.2, 0.25) is 0 Å². The molecule has 3 atom stereocenters. The SMILES string of the molecule is N=S(=O)(NC1=CCC[C@H](N2c3ccccc3Oc3ccccc32)[C@H]1O)c1ccc(OC(F)(F)F)cc1. The van der Waals surface area contributed by atoms with E-state index in [2.05, 4.69) is 9.46 Å². The number of nitrogens with zero attached hydrogens (tertiary/aromatic N) is 1. The van der Waals surface area contributed by atoms with Crippen LogP contribution in [0.5, 0.6) is 17.2 Å². The van der Waals surface area contributed by atoms with E-state index in [4.69, 9.17) is 9.52 Å². The van der Waals surface area contributed by atoms with E-state index in [0.29, 0.717) is 24.3 Å². The van der Waals surface area contributed by atoms with Gasteiger partial charge in [-0.3, -0.25) is 4.72 Å². The fourth-order valence-corrected chi connectivity index (χ4v) is 5.59. The van der Waals surface area contributed by atoms with E-state index in [0.717, 1.165) is 35.6 Å². The zero-order valence-corrected chi connectivity index (χ0v) is 19.6. The topological polar surface area (TPSA) is 94.9 Å². The molecule has 5 rings (SSSR count). The van der Waals surface area contributed by atoms with E-state index in [1.807, 2.05) is 53.4 Å². The first-order valence-electron chi connectivity index (χ1n) is 11.1. The van der Waals surface area contributed by atoms with Crippen LogP contribution >= 0.6 is 0 Å². The van der Waals surface area contributed by atoms with Gasteiger partial charge in [-0.05, 0) is 61.4 Å². The fraction of sp³-hybridized carbons (Fsp3) is 0.200. The lowest BCUT2D eigenvalue weighted by Crippen LogP contribution is -2.47. The Labute approximate surface area is 205 Å². The lowest BCUT2D eigenvalue weighted by molar-refractivity contribution is -0.274. The molecule has 0 bridgehead atoms. The summed E-state index contributed by atoms with van der Waals surface area (Å²) >= 11 is 0. The largest absolute Gasteiger partial charge is 0.573 e. The molecule has 11 heteroatoms. The summed E-state index contributed by atoms with van der Waals surface area (Å²) < 4.78 is 71.3. The van der Waals surface area contributed by atoms with Gasteiger partial charge in [-0.2, -0.15) is 0 Å². The van der Waals surface area contributed by atoms with Crippen molar-refractivity contribution in [3.8, 4) is 17.2 Å². The summed E-state index contributed by atoms with van der Waals surface area (Å²) in [6.07, 6.45) is -3.17. The molecule has 3 aromatic rings. The third-order valence-electron chi connectivity index (χ3n) is 5.96. The number of alkyl halides is 3. The Bertz CT molecular complexity index is 1360. The van der Waals surface area contributed by atoms with E-state index in [1.165, 1.54) is 0 Å². The van der Waals surface area contributed by atoms with Gasteiger partial charge in [0.25, 0.3) is 0 Å². The van der Waals surface area contributed by atoms with E-state index in [9.17, 15) is 22.5 Å². The second-order valence-electron chi connectivity index (χ2n) is 8.33. The molecule has 3 aromatic carbocycles. The first-order chi connectivity index (χ1) is 17.1. The summed E-state index contributed by atoms with van der Waals surface area (Å²) in [6.45, 7) is 0. The van der Waals surface area contributed by atoms with Crippen molar-refractivity contribution >= 4 is 21.3 Å². The average molecular weight is 518 g/mol. The molecule has 0 saturated heterocycles. The second kappa shape index (κ2) is 9.07. The highest BCUT2D eigenvalue weighted by molar-refractivity contribution is 7.90. The van der Waals surface area contributed by atoms with Crippen LogP contribution in [-0.2, 0) is 9.92 Å². The number of anilines is 2.